The molecule has 0 aliphatic rings. The number of thioether (sulfide) groups is 1. The molecule has 1 aromatic carbocycles. The van der Waals surface area contributed by atoms with Gasteiger partial charge in [0.25, 0.3) is 0 Å². The number of nitrogens with one attached hydrogen (secondary N) is 1. The van der Waals surface area contributed by atoms with Gasteiger partial charge in [-0.3, -0.25) is 0 Å². The van der Waals surface area contributed by atoms with Crippen molar-refractivity contribution in [3.63, 3.8) is 0 Å². The Balaban J connectivity index is 2.57. The molecule has 0 atom stereocenters. The predicted octanol–water partition coefficient (Wildman–Crippen LogP) is 2.56. The van der Waals surface area contributed by atoms with E-state index in [1.54, 1.807) is 11.8 Å². The summed E-state index contributed by atoms with van der Waals surface area (Å²) >= 11 is 1.66. The Morgan fingerprint density at radius 3 is 2.47 bits per heavy atom. The van der Waals surface area contributed by atoms with E-state index in [4.69, 9.17) is 0 Å². The molecule has 0 aliphatic heterocycles. The molecule has 0 saturated carbocycles. The maximum absolute atomic E-state index is 13.1. The van der Waals surface area contributed by atoms with E-state index in [-0.39, 0.29) is 12.1 Å². The van der Waals surface area contributed by atoms with Crippen molar-refractivity contribution in [2.75, 3.05) is 18.6 Å². The molecule has 0 fully saturated rings. The van der Waals surface area contributed by atoms with Crippen LogP contribution < -0.4 is 5.32 Å². The third-order valence-electron chi connectivity index (χ3n) is 1.89. The maximum Gasteiger partial charge on any atom is 0.161 e. The van der Waals surface area contributed by atoms with Crippen LogP contribution >= 0.6 is 11.8 Å². The summed E-state index contributed by atoms with van der Waals surface area (Å²) in [5.74, 6) is -1.99. The summed E-state index contributed by atoms with van der Waals surface area (Å²) in [5.41, 5.74) is 0.148. The van der Waals surface area contributed by atoms with Crippen molar-refractivity contribution in [1.82, 2.24) is 5.32 Å². The molecular weight excluding hydrogens is 223 g/mol. The molecule has 0 spiro atoms. The Kier molecular flexibility index (Phi) is 4.98. The van der Waals surface area contributed by atoms with Crippen LogP contribution in [0.2, 0.25) is 0 Å². The van der Waals surface area contributed by atoms with E-state index in [0.29, 0.717) is 12.6 Å². The van der Waals surface area contributed by atoms with E-state index in [9.17, 15) is 13.2 Å². The van der Waals surface area contributed by atoms with Gasteiger partial charge in [-0.1, -0.05) is 0 Å². The summed E-state index contributed by atoms with van der Waals surface area (Å²) in [6.45, 7) is 0.920. The first-order chi connectivity index (χ1) is 7.15. The summed E-state index contributed by atoms with van der Waals surface area (Å²) in [6.07, 6.45) is 1.96. The Labute approximate surface area is 91.1 Å². The number of hydrogen-bond donors (Lipinski definition) is 1. The van der Waals surface area contributed by atoms with Gasteiger partial charge in [-0.25, -0.2) is 13.2 Å². The second-order valence-corrected chi connectivity index (χ2v) is 4.01. The van der Waals surface area contributed by atoms with Gasteiger partial charge in [0.1, 0.15) is 5.82 Å². The fourth-order valence-electron chi connectivity index (χ4n) is 1.10. The lowest BCUT2D eigenvalue weighted by molar-refractivity contribution is 0.487. The van der Waals surface area contributed by atoms with Crippen LogP contribution in [0.15, 0.2) is 12.1 Å². The molecule has 0 bridgehead atoms. The molecule has 0 amide bonds. The van der Waals surface area contributed by atoms with Crippen molar-refractivity contribution in [1.29, 1.82) is 0 Å². The number of rotatable bonds is 5. The summed E-state index contributed by atoms with van der Waals surface area (Å²) in [6, 6.07) is 1.46. The van der Waals surface area contributed by atoms with Crippen LogP contribution in [0.4, 0.5) is 13.2 Å². The molecule has 1 N–H and O–H groups in total. The topological polar surface area (TPSA) is 12.0 Å². The van der Waals surface area contributed by atoms with E-state index in [0.717, 1.165) is 11.8 Å². The van der Waals surface area contributed by atoms with Crippen molar-refractivity contribution in [2.24, 2.45) is 0 Å². The third-order valence-corrected chi connectivity index (χ3v) is 2.50. The Morgan fingerprint density at radius 1 is 1.13 bits per heavy atom. The van der Waals surface area contributed by atoms with Gasteiger partial charge in [-0.15, -0.1) is 0 Å². The Bertz CT molecular complexity index is 331. The minimum absolute atomic E-state index is 0.148. The highest BCUT2D eigenvalue weighted by Gasteiger charge is 2.08. The van der Waals surface area contributed by atoms with Crippen molar-refractivity contribution >= 4 is 11.8 Å². The van der Waals surface area contributed by atoms with E-state index in [1.165, 1.54) is 0 Å². The zero-order valence-electron chi connectivity index (χ0n) is 8.32. The lowest BCUT2D eigenvalue weighted by Crippen LogP contribution is -2.17. The van der Waals surface area contributed by atoms with Gasteiger partial charge < -0.3 is 5.32 Å². The lowest BCUT2D eigenvalue weighted by Gasteiger charge is -2.05. The first kappa shape index (κ1) is 12.4. The quantitative estimate of drug-likeness (QED) is 0.622. The highest BCUT2D eigenvalue weighted by Crippen LogP contribution is 2.13. The van der Waals surface area contributed by atoms with Gasteiger partial charge >= 0.3 is 0 Å². The second-order valence-electron chi connectivity index (χ2n) is 3.03. The summed E-state index contributed by atoms with van der Waals surface area (Å²) in [4.78, 5) is 0. The molecule has 1 rings (SSSR count). The molecule has 5 heteroatoms. The largest absolute Gasteiger partial charge is 0.312 e. The van der Waals surface area contributed by atoms with Crippen LogP contribution in [0, 0.1) is 17.5 Å². The summed E-state index contributed by atoms with van der Waals surface area (Å²) < 4.78 is 38.4. The van der Waals surface area contributed by atoms with Crippen LogP contribution in [0.25, 0.3) is 0 Å². The average molecular weight is 235 g/mol. The average Bonchev–Trinajstić information content (AvgIpc) is 2.20. The SMILES string of the molecule is CSCCNCc1cc(F)c(F)cc1F. The van der Waals surface area contributed by atoms with Crippen molar-refractivity contribution in [2.45, 2.75) is 6.54 Å². The molecule has 0 radical (unpaired) electrons. The van der Waals surface area contributed by atoms with E-state index < -0.39 is 17.5 Å². The lowest BCUT2D eigenvalue weighted by atomic mass is 10.2. The van der Waals surface area contributed by atoms with Gasteiger partial charge in [0.2, 0.25) is 0 Å². The molecule has 0 heterocycles. The molecule has 0 aliphatic carbocycles. The molecule has 1 aromatic rings. The monoisotopic (exact) mass is 235 g/mol. The van der Waals surface area contributed by atoms with E-state index >= 15 is 0 Å². The van der Waals surface area contributed by atoms with Crippen LogP contribution in [-0.4, -0.2) is 18.6 Å². The predicted molar refractivity (Wildman–Crippen MR) is 56.4 cm³/mol. The number of hydrogen-bond acceptors (Lipinski definition) is 2. The van der Waals surface area contributed by atoms with Crippen LogP contribution in [0.3, 0.4) is 0 Å². The van der Waals surface area contributed by atoms with Crippen LogP contribution in [0.5, 0.6) is 0 Å². The molecule has 0 unspecified atom stereocenters. The molecule has 0 aromatic heterocycles. The maximum atomic E-state index is 13.1. The molecule has 1 nitrogen and oxygen atoms in total. The Morgan fingerprint density at radius 2 is 1.80 bits per heavy atom. The van der Waals surface area contributed by atoms with Gasteiger partial charge in [0, 0.05) is 30.5 Å². The molecule has 15 heavy (non-hydrogen) atoms. The van der Waals surface area contributed by atoms with Gasteiger partial charge in [-0.2, -0.15) is 11.8 Å². The van der Waals surface area contributed by atoms with Crippen LogP contribution in [-0.2, 0) is 6.54 Å². The zero-order chi connectivity index (χ0) is 11.3. The minimum atomic E-state index is -1.15. The van der Waals surface area contributed by atoms with Gasteiger partial charge in [0.05, 0.1) is 0 Å². The first-order valence-electron chi connectivity index (χ1n) is 4.48. The van der Waals surface area contributed by atoms with E-state index in [1.807, 2.05) is 6.26 Å². The molecular formula is C10H12F3NS. The van der Waals surface area contributed by atoms with E-state index in [2.05, 4.69) is 5.32 Å². The summed E-state index contributed by atoms with van der Waals surface area (Å²) in [5, 5.41) is 2.94. The van der Waals surface area contributed by atoms with Crippen molar-refractivity contribution in [3.8, 4) is 0 Å². The van der Waals surface area contributed by atoms with Gasteiger partial charge in [0.15, 0.2) is 11.6 Å². The summed E-state index contributed by atoms with van der Waals surface area (Å²) in [7, 11) is 0. The van der Waals surface area contributed by atoms with Gasteiger partial charge in [-0.05, 0) is 12.3 Å². The first-order valence-corrected chi connectivity index (χ1v) is 5.87. The second kappa shape index (κ2) is 6.02. The normalized spacial score (nSPS) is 10.7. The smallest absolute Gasteiger partial charge is 0.161 e. The van der Waals surface area contributed by atoms with Crippen molar-refractivity contribution < 1.29 is 13.2 Å². The third kappa shape index (κ3) is 3.76. The highest BCUT2D eigenvalue weighted by atomic mass is 32.2. The highest BCUT2D eigenvalue weighted by molar-refractivity contribution is 7.98. The molecule has 84 valence electrons. The number of benzene rings is 1. The zero-order valence-corrected chi connectivity index (χ0v) is 9.13. The fourth-order valence-corrected chi connectivity index (χ4v) is 1.44. The molecule has 0 saturated heterocycles. The standard InChI is InChI=1S/C10H12F3NS/c1-15-3-2-14-6-7-4-9(12)10(13)5-8(7)11/h4-5,14H,2-3,6H2,1H3. The Hall–Kier alpha value is -0.680. The minimum Gasteiger partial charge on any atom is -0.312 e. The number of halogens is 3. The fraction of sp³-hybridized carbons (Fsp3) is 0.400. The van der Waals surface area contributed by atoms with Crippen molar-refractivity contribution in [3.05, 3.63) is 35.1 Å². The van der Waals surface area contributed by atoms with Crippen LogP contribution in [0.1, 0.15) is 5.56 Å².